The maximum absolute atomic E-state index is 13.2. The molecule has 1 atom stereocenters. The van der Waals surface area contributed by atoms with Crippen LogP contribution in [0.3, 0.4) is 0 Å². The Balaban J connectivity index is 1.71. The Kier molecular flexibility index (Phi) is 3.74. The third-order valence-corrected chi connectivity index (χ3v) is 3.73. The molecule has 0 aliphatic heterocycles. The van der Waals surface area contributed by atoms with E-state index in [1.54, 1.807) is 12.3 Å². The molecule has 2 nitrogen and oxygen atoms in total. The summed E-state index contributed by atoms with van der Waals surface area (Å²) in [4.78, 5) is 4.45. The number of pyridine rings is 1. The summed E-state index contributed by atoms with van der Waals surface area (Å²) in [7, 11) is 0. The molecule has 2 aromatic rings. The molecule has 1 unspecified atom stereocenters. The summed E-state index contributed by atoms with van der Waals surface area (Å²) in [5.74, 6) is -1.61. The molecule has 3 rings (SSSR count). The zero-order valence-electron chi connectivity index (χ0n) is 11.1. The monoisotopic (exact) mass is 274 g/mol. The number of nitrogens with zero attached hydrogens (tertiary/aromatic N) is 1. The lowest BCUT2D eigenvalue weighted by atomic mass is 9.92. The Morgan fingerprint density at radius 1 is 1.20 bits per heavy atom. The largest absolute Gasteiger partial charge is 0.305 e. The second kappa shape index (κ2) is 5.67. The van der Waals surface area contributed by atoms with Gasteiger partial charge in [-0.3, -0.25) is 4.98 Å². The van der Waals surface area contributed by atoms with Crippen molar-refractivity contribution in [3.8, 4) is 0 Å². The molecule has 0 radical (unpaired) electrons. The van der Waals surface area contributed by atoms with Gasteiger partial charge in [0.1, 0.15) is 0 Å². The van der Waals surface area contributed by atoms with E-state index in [4.69, 9.17) is 0 Å². The van der Waals surface area contributed by atoms with Crippen molar-refractivity contribution in [1.29, 1.82) is 0 Å². The Bertz CT molecular complexity index is 613. The van der Waals surface area contributed by atoms with Crippen molar-refractivity contribution >= 4 is 0 Å². The van der Waals surface area contributed by atoms with Gasteiger partial charge in [-0.05, 0) is 48.6 Å². The van der Waals surface area contributed by atoms with E-state index in [-0.39, 0.29) is 6.04 Å². The number of fused-ring (bicyclic) bond motifs is 1. The molecular formula is C16H16F2N2. The summed E-state index contributed by atoms with van der Waals surface area (Å²) in [6.45, 7) is 0.512. The molecule has 4 heteroatoms. The minimum atomic E-state index is -0.807. The van der Waals surface area contributed by atoms with E-state index >= 15 is 0 Å². The number of benzene rings is 1. The molecule has 20 heavy (non-hydrogen) atoms. The molecule has 1 aliphatic rings. The summed E-state index contributed by atoms with van der Waals surface area (Å²) >= 11 is 0. The maximum Gasteiger partial charge on any atom is 0.159 e. The fourth-order valence-corrected chi connectivity index (χ4v) is 2.70. The molecule has 1 N–H and O–H groups in total. The van der Waals surface area contributed by atoms with Crippen LogP contribution < -0.4 is 5.32 Å². The van der Waals surface area contributed by atoms with Gasteiger partial charge < -0.3 is 5.32 Å². The van der Waals surface area contributed by atoms with Gasteiger partial charge in [0.25, 0.3) is 0 Å². The summed E-state index contributed by atoms with van der Waals surface area (Å²) in [6.07, 6.45) is 5.00. The van der Waals surface area contributed by atoms with E-state index in [1.165, 1.54) is 17.7 Å². The van der Waals surface area contributed by atoms with Crippen LogP contribution in [-0.4, -0.2) is 4.98 Å². The van der Waals surface area contributed by atoms with Gasteiger partial charge in [0.15, 0.2) is 11.6 Å². The smallest absolute Gasteiger partial charge is 0.159 e. The van der Waals surface area contributed by atoms with Crippen LogP contribution in [0.15, 0.2) is 36.5 Å². The molecular weight excluding hydrogens is 258 g/mol. The molecule has 1 aromatic carbocycles. The van der Waals surface area contributed by atoms with E-state index < -0.39 is 11.6 Å². The van der Waals surface area contributed by atoms with Crippen LogP contribution in [0.25, 0.3) is 0 Å². The first-order valence-corrected chi connectivity index (χ1v) is 6.85. The molecule has 0 bridgehead atoms. The van der Waals surface area contributed by atoms with Crippen LogP contribution in [0.4, 0.5) is 8.78 Å². The second-order valence-corrected chi connectivity index (χ2v) is 5.12. The third kappa shape index (κ3) is 2.70. The first-order valence-electron chi connectivity index (χ1n) is 6.85. The average molecular weight is 274 g/mol. The fraction of sp³-hybridized carbons (Fsp3) is 0.312. The van der Waals surface area contributed by atoms with Crippen molar-refractivity contribution in [3.63, 3.8) is 0 Å². The van der Waals surface area contributed by atoms with Gasteiger partial charge in [0.2, 0.25) is 0 Å². The summed E-state index contributed by atoms with van der Waals surface area (Å²) in [5.41, 5.74) is 3.11. The van der Waals surface area contributed by atoms with Gasteiger partial charge in [-0.2, -0.15) is 0 Å². The van der Waals surface area contributed by atoms with Crippen LogP contribution in [0.2, 0.25) is 0 Å². The normalized spacial score (nSPS) is 17.8. The molecule has 0 saturated heterocycles. The minimum Gasteiger partial charge on any atom is -0.305 e. The van der Waals surface area contributed by atoms with Crippen LogP contribution in [0.5, 0.6) is 0 Å². The highest BCUT2D eigenvalue weighted by molar-refractivity contribution is 5.26. The van der Waals surface area contributed by atoms with E-state index in [9.17, 15) is 8.78 Å². The zero-order chi connectivity index (χ0) is 13.9. The van der Waals surface area contributed by atoms with Crippen molar-refractivity contribution in [2.24, 2.45) is 0 Å². The number of aryl methyl sites for hydroxylation is 1. The van der Waals surface area contributed by atoms with Gasteiger partial charge in [0.05, 0.1) is 11.7 Å². The van der Waals surface area contributed by atoms with Crippen LogP contribution in [0, 0.1) is 11.6 Å². The van der Waals surface area contributed by atoms with E-state index in [1.807, 2.05) is 6.07 Å². The summed E-state index contributed by atoms with van der Waals surface area (Å²) in [5, 5.41) is 3.39. The predicted molar refractivity (Wildman–Crippen MR) is 73.1 cm³/mol. The van der Waals surface area contributed by atoms with E-state index in [0.29, 0.717) is 6.54 Å². The quantitative estimate of drug-likeness (QED) is 0.926. The highest BCUT2D eigenvalue weighted by atomic mass is 19.2. The van der Waals surface area contributed by atoms with E-state index in [0.717, 1.165) is 30.5 Å². The summed E-state index contributed by atoms with van der Waals surface area (Å²) in [6, 6.07) is 8.26. The molecule has 1 heterocycles. The predicted octanol–water partition coefficient (Wildman–Crippen LogP) is 3.53. The van der Waals surface area contributed by atoms with E-state index in [2.05, 4.69) is 16.4 Å². The van der Waals surface area contributed by atoms with Crippen LogP contribution in [0.1, 0.15) is 35.7 Å². The van der Waals surface area contributed by atoms with Crippen molar-refractivity contribution in [3.05, 3.63) is 65.0 Å². The number of hydrogen-bond acceptors (Lipinski definition) is 2. The molecule has 1 aliphatic carbocycles. The maximum atomic E-state index is 13.2. The number of hydrogen-bond donors (Lipinski definition) is 1. The molecule has 0 spiro atoms. The second-order valence-electron chi connectivity index (χ2n) is 5.12. The average Bonchev–Trinajstić information content (AvgIpc) is 2.48. The van der Waals surface area contributed by atoms with Gasteiger partial charge >= 0.3 is 0 Å². The standard InChI is InChI=1S/C16H16F2N2/c17-13-7-6-11(9-14(13)18)10-20-15-5-1-3-12-4-2-8-19-16(12)15/h2,4,6-9,15,20H,1,3,5,10H2. The topological polar surface area (TPSA) is 24.9 Å². The Morgan fingerprint density at radius 3 is 2.95 bits per heavy atom. The number of rotatable bonds is 3. The highest BCUT2D eigenvalue weighted by Crippen LogP contribution is 2.27. The lowest BCUT2D eigenvalue weighted by molar-refractivity contribution is 0.445. The lowest BCUT2D eigenvalue weighted by Gasteiger charge is -2.25. The van der Waals surface area contributed by atoms with Gasteiger partial charge in [-0.25, -0.2) is 8.78 Å². The first kappa shape index (κ1) is 13.2. The van der Waals surface area contributed by atoms with Gasteiger partial charge in [-0.1, -0.05) is 12.1 Å². The molecule has 1 aromatic heterocycles. The Morgan fingerprint density at radius 2 is 2.10 bits per heavy atom. The summed E-state index contributed by atoms with van der Waals surface area (Å²) < 4.78 is 26.1. The van der Waals surface area contributed by atoms with Gasteiger partial charge in [0, 0.05) is 12.7 Å². The van der Waals surface area contributed by atoms with Crippen LogP contribution in [-0.2, 0) is 13.0 Å². The Labute approximate surface area is 116 Å². The Hall–Kier alpha value is -1.81. The minimum absolute atomic E-state index is 0.188. The SMILES string of the molecule is Fc1ccc(CNC2CCCc3cccnc32)cc1F. The third-order valence-electron chi connectivity index (χ3n) is 3.73. The number of nitrogens with one attached hydrogen (secondary N) is 1. The number of aromatic nitrogens is 1. The van der Waals surface area contributed by atoms with Crippen molar-refractivity contribution in [1.82, 2.24) is 10.3 Å². The molecule has 0 amide bonds. The molecule has 0 fully saturated rings. The van der Waals surface area contributed by atoms with Crippen molar-refractivity contribution < 1.29 is 8.78 Å². The van der Waals surface area contributed by atoms with Crippen LogP contribution >= 0.6 is 0 Å². The number of halogens is 2. The molecule has 0 saturated carbocycles. The zero-order valence-corrected chi connectivity index (χ0v) is 11.1. The van der Waals surface area contributed by atoms with Crippen molar-refractivity contribution in [2.45, 2.75) is 31.8 Å². The first-order chi connectivity index (χ1) is 9.74. The lowest BCUT2D eigenvalue weighted by Crippen LogP contribution is -2.26. The van der Waals surface area contributed by atoms with Crippen molar-refractivity contribution in [2.75, 3.05) is 0 Å². The highest BCUT2D eigenvalue weighted by Gasteiger charge is 2.20. The molecule has 104 valence electrons. The fourth-order valence-electron chi connectivity index (χ4n) is 2.70. The van der Waals surface area contributed by atoms with Gasteiger partial charge in [-0.15, -0.1) is 0 Å².